The van der Waals surface area contributed by atoms with Gasteiger partial charge in [-0.25, -0.2) is 0 Å². The Morgan fingerprint density at radius 3 is 2.48 bits per heavy atom. The molecule has 1 aliphatic carbocycles. The van der Waals surface area contributed by atoms with E-state index in [0.717, 1.165) is 43.7 Å². The number of hydrogen-bond donors (Lipinski definition) is 0. The van der Waals surface area contributed by atoms with E-state index in [4.69, 9.17) is 0 Å². The van der Waals surface area contributed by atoms with Crippen molar-refractivity contribution in [1.82, 2.24) is 14.7 Å². The maximum absolute atomic E-state index is 12.8. The van der Waals surface area contributed by atoms with Gasteiger partial charge in [-0.3, -0.25) is 9.48 Å². The molecule has 2 atom stereocenters. The van der Waals surface area contributed by atoms with Crippen molar-refractivity contribution in [3.05, 3.63) is 29.6 Å². The minimum absolute atomic E-state index is 0.148. The fourth-order valence-corrected chi connectivity index (χ4v) is 3.59. The van der Waals surface area contributed by atoms with E-state index in [2.05, 4.69) is 31.1 Å². The summed E-state index contributed by atoms with van der Waals surface area (Å²) in [5.74, 6) is 2.02. The average Bonchev–Trinajstić information content (AvgIpc) is 3.00. The molecule has 1 aliphatic heterocycles. The molecule has 0 bridgehead atoms. The third-order valence-electron chi connectivity index (χ3n) is 4.67. The number of aryl methyl sites for hydroxylation is 1. The number of aromatic nitrogens is 2. The number of rotatable bonds is 3. The van der Waals surface area contributed by atoms with Crippen molar-refractivity contribution >= 4 is 5.91 Å². The Hall–Kier alpha value is -1.58. The Kier molecular flexibility index (Phi) is 3.87. The quantitative estimate of drug-likeness (QED) is 0.802. The van der Waals surface area contributed by atoms with Crippen LogP contribution in [0.4, 0.5) is 0 Å². The largest absolute Gasteiger partial charge is 0.337 e. The van der Waals surface area contributed by atoms with Crippen molar-refractivity contribution in [1.29, 1.82) is 0 Å². The zero-order chi connectivity index (χ0) is 15.0. The van der Waals surface area contributed by atoms with Crippen molar-refractivity contribution in [2.75, 3.05) is 13.1 Å². The number of nitrogens with zero attached hydrogens (tertiary/aromatic N) is 3. The first-order valence-corrected chi connectivity index (χ1v) is 8.01. The summed E-state index contributed by atoms with van der Waals surface area (Å²) >= 11 is 0. The summed E-state index contributed by atoms with van der Waals surface area (Å²) in [5.41, 5.74) is 1.76. The van der Waals surface area contributed by atoms with Crippen molar-refractivity contribution in [3.8, 4) is 0 Å². The van der Waals surface area contributed by atoms with E-state index < -0.39 is 0 Å². The van der Waals surface area contributed by atoms with Crippen LogP contribution in [0.25, 0.3) is 0 Å². The zero-order valence-corrected chi connectivity index (χ0v) is 13.2. The molecule has 0 saturated carbocycles. The summed E-state index contributed by atoms with van der Waals surface area (Å²) in [5, 5.41) is 4.49. The van der Waals surface area contributed by atoms with E-state index in [9.17, 15) is 4.79 Å². The predicted octanol–water partition coefficient (Wildman–Crippen LogP) is 2.66. The Balaban J connectivity index is 1.72. The SMILES string of the molecule is CC(C)Cc1cc(C(=O)N2C[C@H]3CC=CC[C@H]3C2)n(C)n1. The standard InChI is InChI=1S/C17H25N3O/c1-12(2)8-15-9-16(19(3)18-15)17(21)20-10-13-6-4-5-7-14(13)11-20/h4-5,9,12-14H,6-8,10-11H2,1-3H3/t13-,14+. The zero-order valence-electron chi connectivity index (χ0n) is 13.2. The fourth-order valence-electron chi connectivity index (χ4n) is 3.59. The van der Waals surface area contributed by atoms with Gasteiger partial charge < -0.3 is 4.90 Å². The Morgan fingerprint density at radius 2 is 1.90 bits per heavy atom. The number of hydrogen-bond acceptors (Lipinski definition) is 2. The molecular weight excluding hydrogens is 262 g/mol. The van der Waals surface area contributed by atoms with Crippen LogP contribution in [0.2, 0.25) is 0 Å². The Labute approximate surface area is 126 Å². The van der Waals surface area contributed by atoms with Crippen molar-refractivity contribution in [2.45, 2.75) is 33.1 Å². The number of carbonyl (C=O) groups excluding carboxylic acids is 1. The molecule has 1 aromatic heterocycles. The second kappa shape index (κ2) is 5.66. The second-order valence-electron chi connectivity index (χ2n) is 6.92. The molecule has 1 aromatic rings. The van der Waals surface area contributed by atoms with Gasteiger partial charge in [0.25, 0.3) is 5.91 Å². The third kappa shape index (κ3) is 2.89. The first-order valence-electron chi connectivity index (χ1n) is 8.01. The van der Waals surface area contributed by atoms with E-state index >= 15 is 0 Å². The van der Waals surface area contributed by atoms with Crippen LogP contribution in [0.1, 0.15) is 42.9 Å². The Bertz CT molecular complexity index is 542. The molecule has 4 heteroatoms. The molecule has 4 nitrogen and oxygen atoms in total. The summed E-state index contributed by atoms with van der Waals surface area (Å²) in [7, 11) is 1.88. The molecule has 1 saturated heterocycles. The van der Waals surface area contributed by atoms with Gasteiger partial charge in [0.05, 0.1) is 5.69 Å². The summed E-state index contributed by atoms with van der Waals surface area (Å²) in [6, 6.07) is 1.97. The smallest absolute Gasteiger partial charge is 0.272 e. The van der Waals surface area contributed by atoms with Crippen LogP contribution < -0.4 is 0 Å². The molecular formula is C17H25N3O. The van der Waals surface area contributed by atoms with E-state index in [0.29, 0.717) is 17.8 Å². The fraction of sp³-hybridized carbons (Fsp3) is 0.647. The first kappa shape index (κ1) is 14.4. The Morgan fingerprint density at radius 1 is 1.29 bits per heavy atom. The highest BCUT2D eigenvalue weighted by molar-refractivity contribution is 5.93. The lowest BCUT2D eigenvalue weighted by Crippen LogP contribution is -2.30. The first-order chi connectivity index (χ1) is 10.0. The molecule has 0 aromatic carbocycles. The monoisotopic (exact) mass is 287 g/mol. The average molecular weight is 287 g/mol. The normalized spacial score (nSPS) is 24.7. The van der Waals surface area contributed by atoms with Crippen molar-refractivity contribution in [3.63, 3.8) is 0 Å². The van der Waals surface area contributed by atoms with E-state index in [1.807, 2.05) is 18.0 Å². The van der Waals surface area contributed by atoms with Gasteiger partial charge in [0.1, 0.15) is 5.69 Å². The van der Waals surface area contributed by atoms with Gasteiger partial charge >= 0.3 is 0 Å². The topological polar surface area (TPSA) is 38.1 Å². The van der Waals surface area contributed by atoms with Gasteiger partial charge in [0.15, 0.2) is 0 Å². The molecule has 0 spiro atoms. The minimum atomic E-state index is 0.148. The highest BCUT2D eigenvalue weighted by atomic mass is 16.2. The lowest BCUT2D eigenvalue weighted by molar-refractivity contribution is 0.0773. The van der Waals surface area contributed by atoms with Gasteiger partial charge in [0, 0.05) is 20.1 Å². The molecule has 1 fully saturated rings. The molecule has 3 rings (SSSR count). The van der Waals surface area contributed by atoms with Crippen molar-refractivity contribution < 1.29 is 4.79 Å². The lowest BCUT2D eigenvalue weighted by atomic mass is 9.86. The molecule has 2 heterocycles. The number of carbonyl (C=O) groups is 1. The molecule has 2 aliphatic rings. The number of fused-ring (bicyclic) bond motifs is 1. The summed E-state index contributed by atoms with van der Waals surface area (Å²) in [4.78, 5) is 14.8. The van der Waals surface area contributed by atoms with Crippen LogP contribution in [0, 0.1) is 17.8 Å². The molecule has 21 heavy (non-hydrogen) atoms. The van der Waals surface area contributed by atoms with E-state index in [-0.39, 0.29) is 5.91 Å². The van der Waals surface area contributed by atoms with Crippen molar-refractivity contribution in [2.24, 2.45) is 24.8 Å². The van der Waals surface area contributed by atoms with Gasteiger partial charge in [-0.1, -0.05) is 26.0 Å². The molecule has 0 N–H and O–H groups in total. The van der Waals surface area contributed by atoms with Crippen LogP contribution in [0.5, 0.6) is 0 Å². The summed E-state index contributed by atoms with van der Waals surface area (Å²) in [6.07, 6.45) is 7.70. The maximum atomic E-state index is 12.8. The van der Waals surface area contributed by atoms with Gasteiger partial charge in [-0.05, 0) is 43.1 Å². The predicted molar refractivity (Wildman–Crippen MR) is 83.0 cm³/mol. The number of likely N-dealkylation sites (tertiary alicyclic amines) is 1. The van der Waals surface area contributed by atoms with E-state index in [1.54, 1.807) is 4.68 Å². The number of allylic oxidation sites excluding steroid dienone is 2. The van der Waals surface area contributed by atoms with Gasteiger partial charge in [-0.15, -0.1) is 0 Å². The van der Waals surface area contributed by atoms with Gasteiger partial charge in [0.2, 0.25) is 0 Å². The highest BCUT2D eigenvalue weighted by Crippen LogP contribution is 2.33. The van der Waals surface area contributed by atoms with Crippen LogP contribution in [0.15, 0.2) is 18.2 Å². The highest BCUT2D eigenvalue weighted by Gasteiger charge is 2.36. The lowest BCUT2D eigenvalue weighted by Gasteiger charge is -2.17. The molecule has 0 radical (unpaired) electrons. The van der Waals surface area contributed by atoms with Crippen LogP contribution >= 0.6 is 0 Å². The summed E-state index contributed by atoms with van der Waals surface area (Å²) < 4.78 is 1.75. The molecule has 0 unspecified atom stereocenters. The molecule has 1 amide bonds. The van der Waals surface area contributed by atoms with Crippen LogP contribution in [-0.4, -0.2) is 33.7 Å². The minimum Gasteiger partial charge on any atom is -0.337 e. The summed E-state index contributed by atoms with van der Waals surface area (Å²) in [6.45, 7) is 6.15. The number of amides is 1. The maximum Gasteiger partial charge on any atom is 0.272 e. The van der Waals surface area contributed by atoms with Crippen LogP contribution in [0.3, 0.4) is 0 Å². The van der Waals surface area contributed by atoms with Crippen LogP contribution in [-0.2, 0) is 13.5 Å². The van der Waals surface area contributed by atoms with Gasteiger partial charge in [-0.2, -0.15) is 5.10 Å². The molecule has 114 valence electrons. The van der Waals surface area contributed by atoms with E-state index in [1.165, 1.54) is 0 Å². The second-order valence-corrected chi connectivity index (χ2v) is 6.92. The third-order valence-corrected chi connectivity index (χ3v) is 4.67.